The molecular formula is C72H130O6. The van der Waals surface area contributed by atoms with Gasteiger partial charge in [-0.3, -0.25) is 14.4 Å². The molecule has 0 N–H and O–H groups in total. The highest BCUT2D eigenvalue weighted by Gasteiger charge is 2.19. The van der Waals surface area contributed by atoms with Gasteiger partial charge in [0, 0.05) is 19.3 Å². The zero-order valence-corrected chi connectivity index (χ0v) is 52.2. The molecule has 1 atom stereocenters. The first-order chi connectivity index (χ1) is 38.5. The molecule has 0 radical (unpaired) electrons. The van der Waals surface area contributed by atoms with Crippen molar-refractivity contribution >= 4 is 17.9 Å². The molecule has 0 aliphatic carbocycles. The van der Waals surface area contributed by atoms with Crippen LogP contribution in [0.2, 0.25) is 0 Å². The summed E-state index contributed by atoms with van der Waals surface area (Å²) in [5.74, 6) is -0.884. The lowest BCUT2D eigenvalue weighted by Crippen LogP contribution is -2.30. The van der Waals surface area contributed by atoms with E-state index in [1.165, 1.54) is 225 Å². The van der Waals surface area contributed by atoms with Gasteiger partial charge in [0.15, 0.2) is 6.10 Å². The predicted octanol–water partition coefficient (Wildman–Crippen LogP) is 23.5. The molecule has 1 unspecified atom stereocenters. The second-order valence-corrected chi connectivity index (χ2v) is 23.1. The van der Waals surface area contributed by atoms with Crippen LogP contribution in [0.25, 0.3) is 0 Å². The van der Waals surface area contributed by atoms with E-state index < -0.39 is 6.10 Å². The number of rotatable bonds is 63. The summed E-state index contributed by atoms with van der Waals surface area (Å²) in [5, 5.41) is 0. The standard InChI is InChI=1S/C72H130O6/c1-4-7-10-13-16-19-22-25-27-28-29-30-31-32-33-34-35-36-37-38-39-40-41-42-43-44-45-48-50-53-56-59-62-65-71(74)77-68-69(67-76-70(73)64-61-58-55-52-49-46-24-21-18-15-12-9-6-3)78-72(75)66-63-60-57-54-51-47-26-23-20-17-14-11-8-5-2/h14,17,21-26,28-29,69H,4-13,15-16,18-20,27,30-68H2,1-3H3/b17-14-,24-21-,25-22-,26-23-,29-28-. The van der Waals surface area contributed by atoms with E-state index in [4.69, 9.17) is 14.2 Å². The zero-order valence-electron chi connectivity index (χ0n) is 52.2. The summed E-state index contributed by atoms with van der Waals surface area (Å²) in [4.78, 5) is 38.3. The Hall–Kier alpha value is -2.89. The first-order valence-corrected chi connectivity index (χ1v) is 34.3. The number of esters is 3. The van der Waals surface area contributed by atoms with Gasteiger partial charge in [0.2, 0.25) is 0 Å². The van der Waals surface area contributed by atoms with Crippen LogP contribution in [0.5, 0.6) is 0 Å². The molecule has 0 aromatic rings. The topological polar surface area (TPSA) is 78.9 Å². The van der Waals surface area contributed by atoms with E-state index in [1.807, 2.05) is 0 Å². The Morgan fingerprint density at radius 1 is 0.256 bits per heavy atom. The van der Waals surface area contributed by atoms with E-state index in [-0.39, 0.29) is 31.1 Å². The monoisotopic (exact) mass is 1090 g/mol. The van der Waals surface area contributed by atoms with Crippen molar-refractivity contribution in [1.29, 1.82) is 0 Å². The second-order valence-electron chi connectivity index (χ2n) is 23.1. The first kappa shape index (κ1) is 75.1. The Kier molecular flexibility index (Phi) is 64.2. The van der Waals surface area contributed by atoms with Gasteiger partial charge in [-0.2, -0.15) is 0 Å². The molecule has 0 rings (SSSR count). The average molecular weight is 1090 g/mol. The first-order valence-electron chi connectivity index (χ1n) is 34.3. The summed E-state index contributed by atoms with van der Waals surface area (Å²) in [6.07, 6.45) is 85.5. The van der Waals surface area contributed by atoms with Crippen LogP contribution in [0.3, 0.4) is 0 Å². The Labute approximate surface area is 485 Å². The van der Waals surface area contributed by atoms with Crippen molar-refractivity contribution < 1.29 is 28.6 Å². The van der Waals surface area contributed by atoms with Crippen LogP contribution in [-0.2, 0) is 28.6 Å². The van der Waals surface area contributed by atoms with Gasteiger partial charge in [-0.05, 0) is 103 Å². The molecule has 0 aliphatic heterocycles. The van der Waals surface area contributed by atoms with Gasteiger partial charge in [0.05, 0.1) is 0 Å². The Balaban J connectivity index is 4.09. The summed E-state index contributed by atoms with van der Waals surface area (Å²) in [5.41, 5.74) is 0. The van der Waals surface area contributed by atoms with E-state index in [2.05, 4.69) is 81.5 Å². The molecule has 0 saturated heterocycles. The maximum absolute atomic E-state index is 12.9. The van der Waals surface area contributed by atoms with E-state index in [0.717, 1.165) is 96.3 Å². The van der Waals surface area contributed by atoms with Gasteiger partial charge in [-0.1, -0.05) is 300 Å². The van der Waals surface area contributed by atoms with Gasteiger partial charge in [0.1, 0.15) is 13.2 Å². The highest BCUT2D eigenvalue weighted by atomic mass is 16.6. The predicted molar refractivity (Wildman–Crippen MR) is 339 cm³/mol. The molecule has 6 heteroatoms. The summed E-state index contributed by atoms with van der Waals surface area (Å²) in [7, 11) is 0. The highest BCUT2D eigenvalue weighted by molar-refractivity contribution is 5.71. The SMILES string of the molecule is CCCC/C=C\C/C=C\CCCCCCCC(=O)OC(COC(=O)CCCCCCC/C=C\CCCCCC)COC(=O)CCCCCCCCCCCCCCCCCCCCCCC/C=C\C/C=C\CCCCCCC. The molecule has 0 aromatic heterocycles. The van der Waals surface area contributed by atoms with E-state index >= 15 is 0 Å². The molecule has 0 fully saturated rings. The third-order valence-electron chi connectivity index (χ3n) is 15.2. The van der Waals surface area contributed by atoms with E-state index in [1.54, 1.807) is 0 Å². The van der Waals surface area contributed by atoms with Gasteiger partial charge >= 0.3 is 17.9 Å². The highest BCUT2D eigenvalue weighted by Crippen LogP contribution is 2.18. The molecule has 0 saturated carbocycles. The van der Waals surface area contributed by atoms with Crippen molar-refractivity contribution in [3.8, 4) is 0 Å². The number of carbonyl (C=O) groups excluding carboxylic acids is 3. The molecule has 78 heavy (non-hydrogen) atoms. The molecule has 0 spiro atoms. The Morgan fingerprint density at radius 2 is 0.474 bits per heavy atom. The van der Waals surface area contributed by atoms with Crippen molar-refractivity contribution in [2.45, 2.75) is 367 Å². The zero-order chi connectivity index (χ0) is 56.4. The molecule has 0 bridgehead atoms. The maximum Gasteiger partial charge on any atom is 0.306 e. The summed E-state index contributed by atoms with van der Waals surface area (Å²) < 4.78 is 16.9. The quantitative estimate of drug-likeness (QED) is 0.0261. The normalized spacial score (nSPS) is 12.4. The summed E-state index contributed by atoms with van der Waals surface area (Å²) in [6, 6.07) is 0. The lowest BCUT2D eigenvalue weighted by Gasteiger charge is -2.18. The number of unbranched alkanes of at least 4 members (excludes halogenated alkanes) is 42. The molecular weight excluding hydrogens is 961 g/mol. The van der Waals surface area contributed by atoms with E-state index in [0.29, 0.717) is 19.3 Å². The molecule has 454 valence electrons. The van der Waals surface area contributed by atoms with Crippen LogP contribution in [0, 0.1) is 0 Å². The van der Waals surface area contributed by atoms with Crippen LogP contribution in [0.4, 0.5) is 0 Å². The Bertz CT molecular complexity index is 1390. The van der Waals surface area contributed by atoms with Crippen molar-refractivity contribution in [2.75, 3.05) is 13.2 Å². The minimum Gasteiger partial charge on any atom is -0.462 e. The third-order valence-corrected chi connectivity index (χ3v) is 15.2. The average Bonchev–Trinajstić information content (AvgIpc) is 3.44. The summed E-state index contributed by atoms with van der Waals surface area (Å²) in [6.45, 7) is 6.60. The number of hydrogen-bond acceptors (Lipinski definition) is 6. The van der Waals surface area contributed by atoms with Crippen LogP contribution in [0.15, 0.2) is 60.8 Å². The molecule has 0 amide bonds. The lowest BCUT2D eigenvalue weighted by molar-refractivity contribution is -0.167. The van der Waals surface area contributed by atoms with Gasteiger partial charge < -0.3 is 14.2 Å². The number of ether oxygens (including phenoxy) is 3. The maximum atomic E-state index is 12.9. The molecule has 0 aromatic carbocycles. The molecule has 6 nitrogen and oxygen atoms in total. The summed E-state index contributed by atoms with van der Waals surface area (Å²) >= 11 is 0. The van der Waals surface area contributed by atoms with Crippen LogP contribution in [0.1, 0.15) is 361 Å². The molecule has 0 heterocycles. The van der Waals surface area contributed by atoms with Crippen molar-refractivity contribution in [2.24, 2.45) is 0 Å². The second kappa shape index (κ2) is 66.6. The fraction of sp³-hybridized carbons (Fsp3) is 0.819. The van der Waals surface area contributed by atoms with Gasteiger partial charge in [-0.15, -0.1) is 0 Å². The minimum atomic E-state index is -0.783. The fourth-order valence-electron chi connectivity index (χ4n) is 10.0. The third kappa shape index (κ3) is 63.9. The minimum absolute atomic E-state index is 0.0790. The van der Waals surface area contributed by atoms with Gasteiger partial charge in [-0.25, -0.2) is 0 Å². The van der Waals surface area contributed by atoms with Crippen LogP contribution in [-0.4, -0.2) is 37.2 Å². The number of hydrogen-bond donors (Lipinski definition) is 0. The number of carbonyl (C=O) groups is 3. The smallest absolute Gasteiger partial charge is 0.306 e. The molecule has 0 aliphatic rings. The number of allylic oxidation sites excluding steroid dienone is 10. The van der Waals surface area contributed by atoms with E-state index in [9.17, 15) is 14.4 Å². The van der Waals surface area contributed by atoms with Crippen molar-refractivity contribution in [1.82, 2.24) is 0 Å². The van der Waals surface area contributed by atoms with Crippen molar-refractivity contribution in [3.05, 3.63) is 60.8 Å². The fourth-order valence-corrected chi connectivity index (χ4v) is 10.0. The van der Waals surface area contributed by atoms with Gasteiger partial charge in [0.25, 0.3) is 0 Å². The van der Waals surface area contributed by atoms with Crippen LogP contribution < -0.4 is 0 Å². The largest absolute Gasteiger partial charge is 0.462 e. The lowest BCUT2D eigenvalue weighted by atomic mass is 10.0. The van der Waals surface area contributed by atoms with Crippen molar-refractivity contribution in [3.63, 3.8) is 0 Å². The van der Waals surface area contributed by atoms with Crippen LogP contribution >= 0.6 is 0 Å². The Morgan fingerprint density at radius 3 is 0.769 bits per heavy atom.